The van der Waals surface area contributed by atoms with E-state index in [0.717, 1.165) is 5.56 Å². The minimum Gasteiger partial charge on any atom is -0.493 e. The van der Waals surface area contributed by atoms with Gasteiger partial charge in [-0.15, -0.1) is 0 Å². The van der Waals surface area contributed by atoms with E-state index in [1.807, 2.05) is 30.3 Å². The second-order valence-electron chi connectivity index (χ2n) is 8.41. The lowest BCUT2D eigenvalue weighted by Crippen LogP contribution is -2.18. The van der Waals surface area contributed by atoms with Crippen LogP contribution in [0.5, 0.6) is 11.5 Å². The SMILES string of the molecule is COc1cc(C=NNC(=O)c2ccc(NS(=O)(=O)c3ccc(Cl)cc3)cc2)ccc1OC(=O)C=Cc1ccccc1. The summed E-state index contributed by atoms with van der Waals surface area (Å²) in [5.41, 5.74) is 4.39. The van der Waals surface area contributed by atoms with Gasteiger partial charge in [0.05, 0.1) is 18.2 Å². The summed E-state index contributed by atoms with van der Waals surface area (Å²) >= 11 is 5.82. The van der Waals surface area contributed by atoms with Gasteiger partial charge in [-0.3, -0.25) is 9.52 Å². The Morgan fingerprint density at radius 3 is 2.24 bits per heavy atom. The fourth-order valence-corrected chi connectivity index (χ4v) is 4.65. The van der Waals surface area contributed by atoms with Gasteiger partial charge in [-0.05, 0) is 83.9 Å². The Labute approximate surface area is 242 Å². The third-order valence-electron chi connectivity index (χ3n) is 5.51. The molecule has 4 aromatic carbocycles. The Bertz CT molecular complexity index is 1690. The largest absolute Gasteiger partial charge is 0.493 e. The van der Waals surface area contributed by atoms with Crippen molar-refractivity contribution in [3.63, 3.8) is 0 Å². The smallest absolute Gasteiger partial charge is 0.336 e. The quantitative estimate of drug-likeness (QED) is 0.0824. The number of sulfonamides is 1. The molecule has 0 aliphatic heterocycles. The van der Waals surface area contributed by atoms with E-state index in [9.17, 15) is 18.0 Å². The molecule has 0 saturated heterocycles. The lowest BCUT2D eigenvalue weighted by atomic mass is 10.2. The standard InChI is InChI=1S/C30H24ClN3O6S/c1-39-28-19-22(7-17-27(28)40-29(35)18-8-21-5-3-2-4-6-21)20-32-33-30(36)23-9-13-25(14-10-23)34-41(37,38)26-15-11-24(31)12-16-26/h2-20,34H,1H3,(H,33,36). The molecule has 0 fully saturated rings. The highest BCUT2D eigenvalue weighted by atomic mass is 35.5. The van der Waals surface area contributed by atoms with E-state index in [-0.39, 0.29) is 21.9 Å². The molecule has 208 valence electrons. The fraction of sp³-hybridized carbons (Fsp3) is 0.0333. The van der Waals surface area contributed by atoms with Gasteiger partial charge in [0.2, 0.25) is 0 Å². The molecule has 2 N–H and O–H groups in total. The molecular formula is C30H24ClN3O6S. The second-order valence-corrected chi connectivity index (χ2v) is 10.5. The van der Waals surface area contributed by atoms with E-state index >= 15 is 0 Å². The van der Waals surface area contributed by atoms with Gasteiger partial charge in [0.25, 0.3) is 15.9 Å². The van der Waals surface area contributed by atoms with Crippen molar-refractivity contribution in [3.8, 4) is 11.5 Å². The van der Waals surface area contributed by atoms with Crippen molar-refractivity contribution >= 4 is 51.5 Å². The minimum absolute atomic E-state index is 0.0563. The first-order valence-electron chi connectivity index (χ1n) is 12.1. The molecule has 1 amide bonds. The number of rotatable bonds is 10. The van der Waals surface area contributed by atoms with Crippen LogP contribution < -0.4 is 19.6 Å². The number of carbonyl (C=O) groups excluding carboxylic acids is 2. The molecule has 9 nitrogen and oxygen atoms in total. The molecule has 0 aliphatic rings. The molecule has 0 aromatic heterocycles. The molecule has 0 spiro atoms. The average Bonchev–Trinajstić information content (AvgIpc) is 2.97. The zero-order chi connectivity index (χ0) is 29.2. The van der Waals surface area contributed by atoms with E-state index < -0.39 is 21.9 Å². The van der Waals surface area contributed by atoms with Crippen LogP contribution in [0.1, 0.15) is 21.5 Å². The Morgan fingerprint density at radius 2 is 1.56 bits per heavy atom. The number of methoxy groups -OCH3 is 1. The number of ether oxygens (including phenoxy) is 2. The van der Waals surface area contributed by atoms with E-state index in [0.29, 0.717) is 16.3 Å². The first-order chi connectivity index (χ1) is 19.7. The molecule has 0 radical (unpaired) electrons. The molecule has 0 atom stereocenters. The molecule has 41 heavy (non-hydrogen) atoms. The molecule has 11 heteroatoms. The summed E-state index contributed by atoms with van der Waals surface area (Å²) in [7, 11) is -2.37. The van der Waals surface area contributed by atoms with E-state index in [1.165, 1.54) is 67.9 Å². The van der Waals surface area contributed by atoms with E-state index in [2.05, 4.69) is 15.2 Å². The normalized spacial score (nSPS) is 11.4. The molecular weight excluding hydrogens is 566 g/mol. The molecule has 0 unspecified atom stereocenters. The lowest BCUT2D eigenvalue weighted by molar-refractivity contribution is -0.129. The molecule has 0 aliphatic carbocycles. The predicted molar refractivity (Wildman–Crippen MR) is 158 cm³/mol. The highest BCUT2D eigenvalue weighted by molar-refractivity contribution is 7.92. The summed E-state index contributed by atoms with van der Waals surface area (Å²) in [5.74, 6) is -0.540. The number of esters is 1. The zero-order valence-corrected chi connectivity index (χ0v) is 23.2. The van der Waals surface area contributed by atoms with E-state index in [4.69, 9.17) is 21.1 Å². The number of halogens is 1. The van der Waals surface area contributed by atoms with Crippen LogP contribution in [0.25, 0.3) is 6.08 Å². The summed E-state index contributed by atoms with van der Waals surface area (Å²) in [6, 6.07) is 25.7. The first kappa shape index (κ1) is 29.1. The Balaban J connectivity index is 1.33. The predicted octanol–water partition coefficient (Wildman–Crippen LogP) is 5.53. The molecule has 4 rings (SSSR count). The Hall–Kier alpha value is -4.93. The molecule has 0 bridgehead atoms. The van der Waals surface area contributed by atoms with Crippen LogP contribution in [0.3, 0.4) is 0 Å². The van der Waals surface area contributed by atoms with Crippen LogP contribution in [-0.2, 0) is 14.8 Å². The van der Waals surface area contributed by atoms with Crippen LogP contribution in [0.15, 0.2) is 113 Å². The molecule has 0 saturated carbocycles. The van der Waals surface area contributed by atoms with Crippen molar-refractivity contribution in [1.82, 2.24) is 5.43 Å². The first-order valence-corrected chi connectivity index (χ1v) is 13.9. The van der Waals surface area contributed by atoms with Gasteiger partial charge in [0.1, 0.15) is 0 Å². The number of nitrogens with zero attached hydrogens (tertiary/aromatic N) is 1. The Kier molecular flexibility index (Phi) is 9.51. The maximum Gasteiger partial charge on any atom is 0.336 e. The van der Waals surface area contributed by atoms with Gasteiger partial charge in [-0.25, -0.2) is 18.6 Å². The third-order valence-corrected chi connectivity index (χ3v) is 7.16. The van der Waals surface area contributed by atoms with Crippen molar-refractivity contribution in [2.45, 2.75) is 4.90 Å². The van der Waals surface area contributed by atoms with Gasteiger partial charge in [-0.2, -0.15) is 5.10 Å². The number of anilines is 1. The highest BCUT2D eigenvalue weighted by Gasteiger charge is 2.14. The van der Waals surface area contributed by atoms with Crippen LogP contribution >= 0.6 is 11.6 Å². The van der Waals surface area contributed by atoms with Crippen molar-refractivity contribution in [2.24, 2.45) is 5.10 Å². The van der Waals surface area contributed by atoms with Crippen LogP contribution in [0, 0.1) is 0 Å². The zero-order valence-electron chi connectivity index (χ0n) is 21.7. The Morgan fingerprint density at radius 1 is 0.854 bits per heavy atom. The second kappa shape index (κ2) is 13.4. The van der Waals surface area contributed by atoms with Crippen molar-refractivity contribution in [1.29, 1.82) is 0 Å². The minimum atomic E-state index is -3.81. The monoisotopic (exact) mass is 589 g/mol. The lowest BCUT2D eigenvalue weighted by Gasteiger charge is -2.09. The van der Waals surface area contributed by atoms with Gasteiger partial charge in [0.15, 0.2) is 11.5 Å². The molecule has 0 heterocycles. The number of hydrazone groups is 1. The summed E-state index contributed by atoms with van der Waals surface area (Å²) in [5, 5.41) is 4.38. The third kappa shape index (κ3) is 8.28. The fourth-order valence-electron chi connectivity index (χ4n) is 3.47. The van der Waals surface area contributed by atoms with Gasteiger partial charge >= 0.3 is 5.97 Å². The maximum absolute atomic E-state index is 12.5. The van der Waals surface area contributed by atoms with Crippen molar-refractivity contribution in [3.05, 3.63) is 125 Å². The topological polar surface area (TPSA) is 123 Å². The van der Waals surface area contributed by atoms with Crippen molar-refractivity contribution < 1.29 is 27.5 Å². The van der Waals surface area contributed by atoms with Gasteiger partial charge in [0, 0.05) is 22.3 Å². The highest BCUT2D eigenvalue weighted by Crippen LogP contribution is 2.28. The van der Waals surface area contributed by atoms with Gasteiger partial charge in [-0.1, -0.05) is 41.9 Å². The summed E-state index contributed by atoms with van der Waals surface area (Å²) in [4.78, 5) is 24.7. The van der Waals surface area contributed by atoms with Crippen LogP contribution in [0.2, 0.25) is 5.02 Å². The average molecular weight is 590 g/mol. The number of benzene rings is 4. The van der Waals surface area contributed by atoms with E-state index in [1.54, 1.807) is 24.3 Å². The number of carbonyl (C=O) groups is 2. The summed E-state index contributed by atoms with van der Waals surface area (Å²) in [6.45, 7) is 0. The number of amides is 1. The van der Waals surface area contributed by atoms with Gasteiger partial charge < -0.3 is 9.47 Å². The number of hydrogen-bond acceptors (Lipinski definition) is 7. The number of hydrogen-bond donors (Lipinski definition) is 2. The molecule has 4 aromatic rings. The summed E-state index contributed by atoms with van der Waals surface area (Å²) < 4.78 is 38.2. The maximum atomic E-state index is 12.5. The number of nitrogens with one attached hydrogen (secondary N) is 2. The van der Waals surface area contributed by atoms with Crippen LogP contribution in [-0.4, -0.2) is 33.6 Å². The summed E-state index contributed by atoms with van der Waals surface area (Å²) in [6.07, 6.45) is 4.36. The van der Waals surface area contributed by atoms with Crippen LogP contribution in [0.4, 0.5) is 5.69 Å². The van der Waals surface area contributed by atoms with Crippen molar-refractivity contribution in [2.75, 3.05) is 11.8 Å².